The fourth-order valence-electron chi connectivity index (χ4n) is 2.02. The summed E-state index contributed by atoms with van der Waals surface area (Å²) >= 11 is 7.27. The number of nitrogens with one attached hydrogen (secondary N) is 2. The molecule has 0 radical (unpaired) electrons. The van der Waals surface area contributed by atoms with Crippen LogP contribution in [0.3, 0.4) is 0 Å². The third-order valence-corrected chi connectivity index (χ3v) is 4.37. The van der Waals surface area contributed by atoms with E-state index in [4.69, 9.17) is 11.6 Å². The number of nitrogens with zero attached hydrogens (tertiary/aromatic N) is 2. The van der Waals surface area contributed by atoms with Gasteiger partial charge in [0.25, 0.3) is 0 Å². The summed E-state index contributed by atoms with van der Waals surface area (Å²) in [5.74, 6) is 0.674. The minimum Gasteiger partial charge on any atom is -0.324 e. The van der Waals surface area contributed by atoms with Crippen LogP contribution in [0, 0.1) is 0 Å². The van der Waals surface area contributed by atoms with Crippen molar-refractivity contribution in [3.8, 4) is 0 Å². The summed E-state index contributed by atoms with van der Waals surface area (Å²) in [5, 5.41) is 10.7. The van der Waals surface area contributed by atoms with Crippen molar-refractivity contribution in [1.82, 2.24) is 15.2 Å². The summed E-state index contributed by atoms with van der Waals surface area (Å²) in [4.78, 5) is 16.3. The average molecular weight is 371 g/mol. The molecule has 1 heterocycles. The number of rotatable bonds is 6. The molecule has 2 N–H and O–H groups in total. The number of carbonyl (C=O) groups is 1. The van der Waals surface area contributed by atoms with E-state index in [-0.39, 0.29) is 11.7 Å². The highest BCUT2D eigenvalue weighted by Crippen LogP contribution is 2.21. The van der Waals surface area contributed by atoms with Gasteiger partial charge in [0.2, 0.25) is 11.1 Å². The van der Waals surface area contributed by atoms with Gasteiger partial charge in [-0.25, -0.2) is 4.98 Å². The summed E-state index contributed by atoms with van der Waals surface area (Å²) in [6, 6.07) is 17.0. The number of anilines is 1. The molecule has 2 aromatic carbocycles. The van der Waals surface area contributed by atoms with E-state index in [1.165, 1.54) is 11.8 Å². The van der Waals surface area contributed by atoms with E-state index in [2.05, 4.69) is 20.5 Å². The molecule has 0 bridgehead atoms. The molecular weight excluding hydrogens is 356 g/mol. The second-order valence-corrected chi connectivity index (χ2v) is 6.41. The number of hydrogen-bond donors (Lipinski definition) is 2. The topological polar surface area (TPSA) is 70.7 Å². The number of aromatic nitrogens is 3. The Morgan fingerprint density at radius 2 is 1.88 bits per heavy atom. The molecule has 0 aliphatic heterocycles. The Morgan fingerprint density at radius 3 is 2.68 bits per heavy atom. The van der Waals surface area contributed by atoms with E-state index >= 15 is 0 Å². The van der Waals surface area contributed by atoms with Crippen molar-refractivity contribution in [2.24, 2.45) is 0 Å². The molecule has 1 aromatic heterocycles. The summed E-state index contributed by atoms with van der Waals surface area (Å²) < 4.78 is 0. The van der Waals surface area contributed by atoms with E-state index in [0.29, 0.717) is 21.7 Å². The first-order valence-electron chi connectivity index (χ1n) is 7.53. The molecule has 0 fully saturated rings. The first-order chi connectivity index (χ1) is 12.2. The monoisotopic (exact) mass is 370 g/mol. The number of carbonyl (C=O) groups excluding carboxylic acids is 1. The molecule has 0 saturated heterocycles. The second-order valence-electron chi connectivity index (χ2n) is 5.06. The van der Waals surface area contributed by atoms with Crippen LogP contribution in [-0.4, -0.2) is 26.8 Å². The number of benzene rings is 2. The number of amides is 1. The number of para-hydroxylation sites is 1. The number of H-pyrrole nitrogens is 1. The van der Waals surface area contributed by atoms with E-state index in [9.17, 15) is 4.79 Å². The zero-order chi connectivity index (χ0) is 17.5. The number of hydrogen-bond acceptors (Lipinski definition) is 4. The van der Waals surface area contributed by atoms with Crippen LogP contribution in [0.2, 0.25) is 5.02 Å². The predicted molar refractivity (Wildman–Crippen MR) is 103 cm³/mol. The van der Waals surface area contributed by atoms with Gasteiger partial charge in [-0.2, -0.15) is 0 Å². The Balaban J connectivity index is 1.52. The van der Waals surface area contributed by atoms with Gasteiger partial charge in [0.1, 0.15) is 5.82 Å². The van der Waals surface area contributed by atoms with E-state index in [1.807, 2.05) is 54.6 Å². The minimum atomic E-state index is -0.163. The number of aromatic amines is 1. The van der Waals surface area contributed by atoms with Gasteiger partial charge in [-0.05, 0) is 23.8 Å². The van der Waals surface area contributed by atoms with Crippen molar-refractivity contribution in [1.29, 1.82) is 0 Å². The lowest BCUT2D eigenvalue weighted by molar-refractivity contribution is -0.113. The fraction of sp³-hybridized carbons (Fsp3) is 0.0556. The lowest BCUT2D eigenvalue weighted by Gasteiger charge is -2.05. The molecule has 5 nitrogen and oxygen atoms in total. The predicted octanol–water partition coefficient (Wildman–Crippen LogP) is 4.36. The van der Waals surface area contributed by atoms with Gasteiger partial charge in [-0.15, -0.1) is 5.10 Å². The van der Waals surface area contributed by atoms with Crippen molar-refractivity contribution in [2.45, 2.75) is 5.16 Å². The van der Waals surface area contributed by atoms with Crippen molar-refractivity contribution in [3.05, 3.63) is 71.0 Å². The molecule has 25 heavy (non-hydrogen) atoms. The van der Waals surface area contributed by atoms with Gasteiger partial charge >= 0.3 is 0 Å². The maximum atomic E-state index is 12.0. The van der Waals surface area contributed by atoms with Crippen LogP contribution in [0.15, 0.2) is 59.8 Å². The van der Waals surface area contributed by atoms with Gasteiger partial charge < -0.3 is 5.32 Å². The van der Waals surface area contributed by atoms with Gasteiger partial charge in [0, 0.05) is 0 Å². The standard InChI is InChI=1S/C18H15ClN4OS/c19-14-8-4-5-9-15(14)20-17(24)12-25-18-21-16(22-23-18)11-10-13-6-2-1-3-7-13/h1-11H,12H2,(H,20,24)(H,21,22,23)/b11-10+. The first-order valence-corrected chi connectivity index (χ1v) is 8.90. The lowest BCUT2D eigenvalue weighted by Crippen LogP contribution is -2.14. The second kappa shape index (κ2) is 8.50. The van der Waals surface area contributed by atoms with Crippen LogP contribution in [0.1, 0.15) is 11.4 Å². The van der Waals surface area contributed by atoms with Crippen LogP contribution in [-0.2, 0) is 4.79 Å². The van der Waals surface area contributed by atoms with Crippen LogP contribution in [0.25, 0.3) is 12.2 Å². The highest BCUT2D eigenvalue weighted by Gasteiger charge is 2.08. The van der Waals surface area contributed by atoms with Crippen LogP contribution in [0.4, 0.5) is 5.69 Å². The van der Waals surface area contributed by atoms with Crippen molar-refractivity contribution >= 4 is 47.1 Å². The molecule has 0 unspecified atom stereocenters. The number of halogens is 1. The van der Waals surface area contributed by atoms with Gasteiger partial charge in [-0.3, -0.25) is 9.89 Å². The molecule has 0 spiro atoms. The summed E-state index contributed by atoms with van der Waals surface area (Å²) in [7, 11) is 0. The Morgan fingerprint density at radius 1 is 1.12 bits per heavy atom. The molecule has 126 valence electrons. The van der Waals surface area contributed by atoms with E-state index < -0.39 is 0 Å². The third-order valence-electron chi connectivity index (χ3n) is 3.20. The van der Waals surface area contributed by atoms with Crippen LogP contribution < -0.4 is 5.32 Å². The Bertz CT molecular complexity index is 880. The first kappa shape index (κ1) is 17.3. The Kier molecular flexibility index (Phi) is 5.87. The van der Waals surface area contributed by atoms with E-state index in [1.54, 1.807) is 12.1 Å². The highest BCUT2D eigenvalue weighted by atomic mass is 35.5. The SMILES string of the molecule is O=C(CSc1n[nH]c(/C=C/c2ccccc2)n1)Nc1ccccc1Cl. The molecule has 3 aromatic rings. The average Bonchev–Trinajstić information content (AvgIpc) is 3.09. The highest BCUT2D eigenvalue weighted by molar-refractivity contribution is 7.99. The van der Waals surface area contributed by atoms with Crippen molar-refractivity contribution in [2.75, 3.05) is 11.1 Å². The smallest absolute Gasteiger partial charge is 0.234 e. The Hall–Kier alpha value is -2.57. The largest absolute Gasteiger partial charge is 0.324 e. The molecule has 0 aliphatic carbocycles. The van der Waals surface area contributed by atoms with Crippen LogP contribution in [0.5, 0.6) is 0 Å². The molecule has 0 saturated carbocycles. The van der Waals surface area contributed by atoms with Crippen molar-refractivity contribution in [3.63, 3.8) is 0 Å². The van der Waals surface area contributed by atoms with Gasteiger partial charge in [0.05, 0.1) is 16.5 Å². The fourth-order valence-corrected chi connectivity index (χ4v) is 2.80. The number of thioether (sulfide) groups is 1. The third kappa shape index (κ3) is 5.20. The quantitative estimate of drug-likeness (QED) is 0.632. The summed E-state index contributed by atoms with van der Waals surface area (Å²) in [6.07, 6.45) is 3.79. The zero-order valence-corrected chi connectivity index (χ0v) is 14.7. The summed E-state index contributed by atoms with van der Waals surface area (Å²) in [5.41, 5.74) is 1.67. The molecule has 7 heteroatoms. The van der Waals surface area contributed by atoms with Gasteiger partial charge in [0.15, 0.2) is 0 Å². The zero-order valence-electron chi connectivity index (χ0n) is 13.1. The van der Waals surface area contributed by atoms with Crippen LogP contribution >= 0.6 is 23.4 Å². The maximum Gasteiger partial charge on any atom is 0.234 e. The molecule has 0 aliphatic rings. The molecule has 3 rings (SSSR count). The molecular formula is C18H15ClN4OS. The van der Waals surface area contributed by atoms with E-state index in [0.717, 1.165) is 5.56 Å². The minimum absolute atomic E-state index is 0.163. The Labute approximate surface area is 154 Å². The maximum absolute atomic E-state index is 12.0. The normalized spacial score (nSPS) is 10.9. The van der Waals surface area contributed by atoms with Gasteiger partial charge in [-0.1, -0.05) is 71.9 Å². The van der Waals surface area contributed by atoms with Crippen molar-refractivity contribution < 1.29 is 4.79 Å². The lowest BCUT2D eigenvalue weighted by atomic mass is 10.2. The molecule has 1 amide bonds. The summed E-state index contributed by atoms with van der Waals surface area (Å²) in [6.45, 7) is 0. The molecule has 0 atom stereocenters.